The van der Waals surface area contributed by atoms with Crippen LogP contribution in [0.3, 0.4) is 0 Å². The van der Waals surface area contributed by atoms with E-state index in [1.54, 1.807) is 156 Å². The summed E-state index contributed by atoms with van der Waals surface area (Å²) in [5.74, 6) is -1.45. The number of benzene rings is 4. The Balaban J connectivity index is 0.000000822. The lowest BCUT2D eigenvalue weighted by molar-refractivity contribution is -0.191. The van der Waals surface area contributed by atoms with E-state index in [1.807, 2.05) is 24.3 Å². The van der Waals surface area contributed by atoms with E-state index >= 15 is 0 Å². The molecule has 0 aliphatic rings. The summed E-state index contributed by atoms with van der Waals surface area (Å²) in [6.45, 7) is 20.4. The second-order valence-electron chi connectivity index (χ2n) is 21.4. The smallest absolute Gasteiger partial charge is 0.412 e. The van der Waals surface area contributed by atoms with Gasteiger partial charge in [-0.15, -0.1) is 12.4 Å². The SMILES string of the molecule is C.CC(C)C(OC(=O)N(C)CCN)OC(=O)C(C)(C)Oc1ccc(CCNC(=O)c2ccc(Cl)cc2)cc1.CC(C)C(OC(=O)N(C)CCNC(=O)OC(C)(C)C)OC(=O)C(C)(C)Oc1ccc(CCNC(=O)c2ccc(Cl)cc2)cc1.Cl. The third kappa shape index (κ3) is 27.3. The minimum absolute atomic E-state index is 0. The Morgan fingerprint density at radius 1 is 0.518 bits per heavy atom. The van der Waals surface area contributed by atoms with E-state index in [9.17, 15) is 33.6 Å². The quantitative estimate of drug-likeness (QED) is 0.0273. The molecule has 0 aliphatic heterocycles. The monoisotopic (exact) mass is 1220 g/mol. The van der Waals surface area contributed by atoms with E-state index in [1.165, 1.54) is 16.8 Å². The molecule has 0 fully saturated rings. The Labute approximate surface area is 505 Å². The number of carbonyl (C=O) groups is 7. The molecular formula is C60H85Cl3N6O14. The standard InChI is InChI=1S/C32H44ClN3O8.C27H36ClN3O6.CH4.ClH/c1-21(2)27(42-30(40)36(8)20-19-35-29(39)44-31(3,4)5)41-28(38)32(6,7)43-25-15-9-22(10-16-25)17-18-34-26(37)23-11-13-24(33)14-12-23;1-18(2)24(36-26(34)31(5)17-15-29)35-25(33)27(3,4)37-22-12-6-19(7-13-22)14-16-30-23(32)20-8-10-21(28)11-9-20;;/h9-16,21,27H,17-20H2,1-8H3,(H,34,37)(H,35,39);6-13,18,24H,14-17,29H2,1-5H3,(H,30,32);1H4;1H. The maximum Gasteiger partial charge on any atom is 0.412 e. The van der Waals surface area contributed by atoms with Crippen LogP contribution in [-0.4, -0.2) is 135 Å². The molecule has 20 nitrogen and oxygen atoms in total. The van der Waals surface area contributed by atoms with Crippen molar-refractivity contribution in [3.8, 4) is 11.5 Å². The van der Waals surface area contributed by atoms with Gasteiger partial charge in [0.15, 0.2) is 11.2 Å². The van der Waals surface area contributed by atoms with Gasteiger partial charge in [0.1, 0.15) is 17.1 Å². The first kappa shape index (κ1) is 74.0. The molecule has 4 aromatic carbocycles. The van der Waals surface area contributed by atoms with Crippen LogP contribution in [0.4, 0.5) is 14.4 Å². The number of carbonyl (C=O) groups excluding carboxylic acids is 7. The average Bonchev–Trinajstić information content (AvgIpc) is 3.49. The van der Waals surface area contributed by atoms with Gasteiger partial charge in [-0.05, 0) is 145 Å². The van der Waals surface area contributed by atoms with Crippen molar-refractivity contribution in [3.63, 3.8) is 0 Å². The molecule has 460 valence electrons. The molecule has 4 rings (SSSR count). The Morgan fingerprint density at radius 2 is 0.867 bits per heavy atom. The predicted molar refractivity (Wildman–Crippen MR) is 322 cm³/mol. The van der Waals surface area contributed by atoms with Crippen molar-refractivity contribution in [1.29, 1.82) is 0 Å². The van der Waals surface area contributed by atoms with E-state index in [2.05, 4.69) is 16.0 Å². The minimum Gasteiger partial charge on any atom is -0.476 e. The van der Waals surface area contributed by atoms with Crippen LogP contribution in [0.5, 0.6) is 11.5 Å². The summed E-state index contributed by atoms with van der Waals surface area (Å²) in [4.78, 5) is 89.6. The normalized spacial score (nSPS) is 11.8. The maximum absolute atomic E-state index is 13.0. The summed E-state index contributed by atoms with van der Waals surface area (Å²) in [5, 5.41) is 9.45. The molecule has 5 amide bonds. The highest BCUT2D eigenvalue weighted by atomic mass is 35.5. The Kier molecular flexibility index (Phi) is 31.4. The minimum atomic E-state index is -1.39. The fraction of sp³-hybridized carbons (Fsp3) is 0.483. The molecule has 0 spiro atoms. The molecule has 23 heteroatoms. The number of hydrogen-bond donors (Lipinski definition) is 4. The van der Waals surface area contributed by atoms with Crippen molar-refractivity contribution in [2.75, 3.05) is 53.4 Å². The molecule has 0 saturated heterocycles. The summed E-state index contributed by atoms with van der Waals surface area (Å²) in [5.41, 5.74) is 5.12. The van der Waals surface area contributed by atoms with E-state index in [-0.39, 0.29) is 63.1 Å². The number of hydrogen-bond acceptors (Lipinski definition) is 15. The zero-order valence-corrected chi connectivity index (χ0v) is 51.4. The number of alkyl carbamates (subject to hydrolysis) is 1. The molecule has 2 unspecified atom stereocenters. The van der Waals surface area contributed by atoms with Gasteiger partial charge in [0.25, 0.3) is 24.4 Å². The van der Waals surface area contributed by atoms with E-state index in [0.717, 1.165) is 11.1 Å². The van der Waals surface area contributed by atoms with Crippen LogP contribution >= 0.6 is 35.6 Å². The predicted octanol–water partition coefficient (Wildman–Crippen LogP) is 10.7. The number of nitrogens with zero attached hydrogens (tertiary/aromatic N) is 2. The van der Waals surface area contributed by atoms with Crippen LogP contribution in [0.15, 0.2) is 97.1 Å². The van der Waals surface area contributed by atoms with Crippen LogP contribution in [0.2, 0.25) is 10.0 Å². The van der Waals surface area contributed by atoms with Crippen LogP contribution in [-0.2, 0) is 46.1 Å². The molecule has 2 atom stereocenters. The van der Waals surface area contributed by atoms with Gasteiger partial charge in [-0.2, -0.15) is 0 Å². The Bertz CT molecular complexity index is 2670. The van der Waals surface area contributed by atoms with E-state index < -0.39 is 59.6 Å². The zero-order chi connectivity index (χ0) is 60.7. The number of likely N-dealkylation sites (N-methyl/N-ethyl adjacent to an activating group) is 2. The molecule has 4 aromatic rings. The summed E-state index contributed by atoms with van der Waals surface area (Å²) in [7, 11) is 3.06. The van der Waals surface area contributed by atoms with Gasteiger partial charge in [0.05, 0.1) is 0 Å². The fourth-order valence-electron chi connectivity index (χ4n) is 6.65. The molecule has 0 radical (unpaired) electrons. The Hall–Kier alpha value is -7.00. The summed E-state index contributed by atoms with van der Waals surface area (Å²) in [6, 6.07) is 27.7. The Morgan fingerprint density at radius 3 is 1.19 bits per heavy atom. The molecule has 0 heterocycles. The van der Waals surface area contributed by atoms with Gasteiger partial charge in [-0.3, -0.25) is 9.59 Å². The third-order valence-electron chi connectivity index (χ3n) is 11.4. The number of ether oxygens (including phenoxy) is 7. The van der Waals surface area contributed by atoms with Crippen molar-refractivity contribution in [2.24, 2.45) is 17.6 Å². The molecule has 0 saturated carbocycles. The molecule has 0 bridgehead atoms. The number of esters is 2. The first-order valence-electron chi connectivity index (χ1n) is 26.5. The molecule has 0 aliphatic carbocycles. The number of halogens is 3. The van der Waals surface area contributed by atoms with Gasteiger partial charge in [-0.1, -0.05) is 82.6 Å². The molecule has 0 aromatic heterocycles. The second kappa shape index (κ2) is 35.2. The molecule has 83 heavy (non-hydrogen) atoms. The first-order valence-corrected chi connectivity index (χ1v) is 27.2. The van der Waals surface area contributed by atoms with Crippen LogP contribution in [0.25, 0.3) is 0 Å². The number of nitrogens with two attached hydrogens (primary N) is 1. The van der Waals surface area contributed by atoms with Gasteiger partial charge >= 0.3 is 30.2 Å². The van der Waals surface area contributed by atoms with Crippen molar-refractivity contribution in [3.05, 3.63) is 129 Å². The topological polar surface area (TPSA) is 253 Å². The van der Waals surface area contributed by atoms with Crippen molar-refractivity contribution < 1.29 is 66.7 Å². The fourth-order valence-corrected chi connectivity index (χ4v) is 6.90. The second-order valence-corrected chi connectivity index (χ2v) is 22.3. The first-order chi connectivity index (χ1) is 37.9. The van der Waals surface area contributed by atoms with Gasteiger partial charge < -0.3 is 64.6 Å². The van der Waals surface area contributed by atoms with Crippen LogP contribution < -0.4 is 31.2 Å². The van der Waals surface area contributed by atoms with E-state index in [4.69, 9.17) is 62.1 Å². The number of amides is 5. The highest BCUT2D eigenvalue weighted by Gasteiger charge is 2.38. The van der Waals surface area contributed by atoms with Crippen LogP contribution in [0.1, 0.15) is 115 Å². The average molecular weight is 1220 g/mol. The summed E-state index contributed by atoms with van der Waals surface area (Å²) >= 11 is 11.7. The highest BCUT2D eigenvalue weighted by Crippen LogP contribution is 2.25. The maximum atomic E-state index is 13.0. The lowest BCUT2D eigenvalue weighted by Crippen LogP contribution is -2.45. The number of rotatable bonds is 25. The van der Waals surface area contributed by atoms with Gasteiger partial charge in [0, 0.05) is 86.4 Å². The zero-order valence-electron chi connectivity index (χ0n) is 49.1. The van der Waals surface area contributed by atoms with Crippen LogP contribution in [0, 0.1) is 11.8 Å². The lowest BCUT2D eigenvalue weighted by atomic mass is 10.1. The van der Waals surface area contributed by atoms with Crippen molar-refractivity contribution >= 4 is 77.6 Å². The number of nitrogens with one attached hydrogen (secondary N) is 3. The van der Waals surface area contributed by atoms with Crippen molar-refractivity contribution in [2.45, 2.75) is 126 Å². The summed E-state index contributed by atoms with van der Waals surface area (Å²) in [6.07, 6.45) is -2.97. The van der Waals surface area contributed by atoms with Gasteiger partial charge in [-0.25, -0.2) is 24.0 Å². The van der Waals surface area contributed by atoms with Gasteiger partial charge in [0.2, 0.25) is 0 Å². The summed E-state index contributed by atoms with van der Waals surface area (Å²) < 4.78 is 38.8. The third-order valence-corrected chi connectivity index (χ3v) is 11.9. The lowest BCUT2D eigenvalue weighted by Gasteiger charge is -2.29. The van der Waals surface area contributed by atoms with E-state index in [0.29, 0.717) is 65.1 Å². The molecule has 5 N–H and O–H groups in total. The molecular weight excluding hydrogens is 1140 g/mol. The van der Waals surface area contributed by atoms with Crippen molar-refractivity contribution in [1.82, 2.24) is 25.8 Å². The largest absolute Gasteiger partial charge is 0.476 e. The highest BCUT2D eigenvalue weighted by molar-refractivity contribution is 6.31.